The fraction of sp³-hybridized carbons (Fsp3) is 0.167. The van der Waals surface area contributed by atoms with Crippen molar-refractivity contribution in [2.75, 3.05) is 5.75 Å². The number of hydrogen-bond acceptors (Lipinski definition) is 3. The first-order chi connectivity index (χ1) is 8.63. The van der Waals surface area contributed by atoms with Gasteiger partial charge < -0.3 is 5.11 Å². The van der Waals surface area contributed by atoms with Crippen molar-refractivity contribution in [1.29, 1.82) is 0 Å². The van der Waals surface area contributed by atoms with Gasteiger partial charge in [-0.05, 0) is 17.9 Å². The summed E-state index contributed by atoms with van der Waals surface area (Å²) >= 11 is 1.70. The third kappa shape index (κ3) is 2.33. The van der Waals surface area contributed by atoms with Crippen molar-refractivity contribution in [2.24, 2.45) is 0 Å². The van der Waals surface area contributed by atoms with Crippen LogP contribution in [0, 0.1) is 0 Å². The molecular weight excluding hydrogens is 252 g/mol. The van der Waals surface area contributed by atoms with Crippen molar-refractivity contribution in [1.82, 2.24) is 10.2 Å². The molecule has 0 saturated heterocycles. The molecule has 0 atom stereocenters. The average molecular weight is 264 g/mol. The smallest absolute Gasteiger partial charge is 0.343 e. The Labute approximate surface area is 107 Å². The van der Waals surface area contributed by atoms with Crippen molar-refractivity contribution in [2.45, 2.75) is 11.8 Å². The molecular formula is C12H12N2O3S. The number of aromatic nitrogens is 2. The van der Waals surface area contributed by atoms with Crippen LogP contribution in [0.3, 0.4) is 0 Å². The minimum atomic E-state index is -1.24. The number of carboxylic acid groups (broad SMARTS) is 1. The fourth-order valence-corrected chi connectivity index (χ4v) is 2.32. The van der Waals surface area contributed by atoms with E-state index < -0.39 is 11.5 Å². The van der Waals surface area contributed by atoms with E-state index in [0.717, 1.165) is 10.6 Å². The maximum absolute atomic E-state index is 11.4. The minimum Gasteiger partial charge on any atom is -0.477 e. The number of nitrogens with one attached hydrogen (secondary N) is 2. The predicted molar refractivity (Wildman–Crippen MR) is 70.2 cm³/mol. The van der Waals surface area contributed by atoms with Crippen molar-refractivity contribution >= 4 is 17.7 Å². The monoisotopic (exact) mass is 264 g/mol. The number of aromatic amines is 2. The Morgan fingerprint density at radius 2 is 1.94 bits per heavy atom. The maximum atomic E-state index is 11.4. The lowest BCUT2D eigenvalue weighted by molar-refractivity contribution is 0.0696. The zero-order valence-corrected chi connectivity index (χ0v) is 10.5. The summed E-state index contributed by atoms with van der Waals surface area (Å²) in [4.78, 5) is 23.5. The summed E-state index contributed by atoms with van der Waals surface area (Å²) in [6.45, 7) is 2.06. The third-order valence-corrected chi connectivity index (χ3v) is 3.34. The number of hydrogen-bond donors (Lipinski definition) is 3. The summed E-state index contributed by atoms with van der Waals surface area (Å²) in [5.41, 5.74) is 0.0992. The molecule has 1 heterocycles. The van der Waals surface area contributed by atoms with Gasteiger partial charge in [-0.3, -0.25) is 15.0 Å². The van der Waals surface area contributed by atoms with Crippen LogP contribution >= 0.6 is 11.8 Å². The molecule has 0 unspecified atom stereocenters. The molecule has 0 aliphatic heterocycles. The van der Waals surface area contributed by atoms with Crippen molar-refractivity contribution in [3.8, 4) is 11.3 Å². The van der Waals surface area contributed by atoms with E-state index in [1.165, 1.54) is 0 Å². The maximum Gasteiger partial charge on any atom is 0.343 e. The molecule has 94 valence electrons. The van der Waals surface area contributed by atoms with Crippen LogP contribution in [0.15, 0.2) is 34.0 Å². The zero-order chi connectivity index (χ0) is 13.1. The van der Waals surface area contributed by atoms with Crippen LogP contribution in [0.4, 0.5) is 0 Å². The molecule has 0 radical (unpaired) electrons. The number of H-pyrrole nitrogens is 2. The van der Waals surface area contributed by atoms with Gasteiger partial charge in [-0.25, -0.2) is 4.79 Å². The highest BCUT2D eigenvalue weighted by atomic mass is 32.2. The standard InChI is InChI=1S/C12H12N2O3S/c1-2-18-8-5-3-7(4-6-8)10-9(12(16)17)11(15)14-13-10/h3-6H,2H2,1H3,(H,16,17)(H2,13,14,15). The minimum absolute atomic E-state index is 0.258. The molecule has 0 spiro atoms. The molecule has 6 heteroatoms. The lowest BCUT2D eigenvalue weighted by Gasteiger charge is -2.02. The van der Waals surface area contributed by atoms with E-state index in [9.17, 15) is 9.59 Å². The van der Waals surface area contributed by atoms with Crippen molar-refractivity contribution in [3.05, 3.63) is 40.2 Å². The quantitative estimate of drug-likeness (QED) is 0.739. The van der Waals surface area contributed by atoms with E-state index in [-0.39, 0.29) is 5.56 Å². The Balaban J connectivity index is 2.43. The molecule has 1 aromatic carbocycles. The Hall–Kier alpha value is -1.95. The van der Waals surface area contributed by atoms with Crippen LogP contribution in [0.25, 0.3) is 11.3 Å². The number of carbonyl (C=O) groups is 1. The second kappa shape index (κ2) is 5.14. The molecule has 1 aromatic heterocycles. The lowest BCUT2D eigenvalue weighted by Crippen LogP contribution is -2.12. The number of carboxylic acids is 1. The second-order valence-corrected chi connectivity index (χ2v) is 4.93. The summed E-state index contributed by atoms with van der Waals surface area (Å²) in [5.74, 6) is -0.264. The molecule has 0 fully saturated rings. The number of benzene rings is 1. The van der Waals surface area contributed by atoms with Gasteiger partial charge in [-0.15, -0.1) is 11.8 Å². The summed E-state index contributed by atoms with van der Waals surface area (Å²) < 4.78 is 0. The Morgan fingerprint density at radius 3 is 2.50 bits per heavy atom. The third-order valence-electron chi connectivity index (χ3n) is 2.45. The van der Waals surface area contributed by atoms with E-state index >= 15 is 0 Å². The molecule has 0 amide bonds. The van der Waals surface area contributed by atoms with Crippen LogP contribution in [0.5, 0.6) is 0 Å². The molecule has 2 aromatic rings. The highest BCUT2D eigenvalue weighted by Gasteiger charge is 2.18. The second-order valence-electron chi connectivity index (χ2n) is 3.59. The molecule has 0 aliphatic rings. The van der Waals surface area contributed by atoms with Crippen molar-refractivity contribution in [3.63, 3.8) is 0 Å². The average Bonchev–Trinajstić information content (AvgIpc) is 2.73. The highest BCUT2D eigenvalue weighted by molar-refractivity contribution is 7.99. The van der Waals surface area contributed by atoms with Crippen LogP contribution in [-0.2, 0) is 0 Å². The zero-order valence-electron chi connectivity index (χ0n) is 9.69. The normalized spacial score (nSPS) is 10.5. The first kappa shape index (κ1) is 12.5. The van der Waals surface area contributed by atoms with E-state index in [0.29, 0.717) is 11.3 Å². The van der Waals surface area contributed by atoms with Gasteiger partial charge in [0.25, 0.3) is 5.56 Å². The summed E-state index contributed by atoms with van der Waals surface area (Å²) in [6, 6.07) is 7.40. The van der Waals surface area contributed by atoms with Crippen LogP contribution in [0.2, 0.25) is 0 Å². The Bertz CT molecular complexity index is 613. The van der Waals surface area contributed by atoms with Gasteiger partial charge in [0.1, 0.15) is 0 Å². The molecule has 0 bridgehead atoms. The van der Waals surface area contributed by atoms with E-state index in [1.54, 1.807) is 23.9 Å². The van der Waals surface area contributed by atoms with Gasteiger partial charge in [-0.2, -0.15) is 0 Å². The summed E-state index contributed by atoms with van der Waals surface area (Å²) in [7, 11) is 0. The van der Waals surface area contributed by atoms with E-state index in [1.807, 2.05) is 12.1 Å². The SMILES string of the molecule is CCSc1ccc(-c2[nH][nH]c(=O)c2C(=O)O)cc1. The molecule has 2 rings (SSSR count). The summed E-state index contributed by atoms with van der Waals surface area (Å²) in [5, 5.41) is 13.9. The topological polar surface area (TPSA) is 86.0 Å². The molecule has 5 nitrogen and oxygen atoms in total. The van der Waals surface area contributed by atoms with Gasteiger partial charge in [0.2, 0.25) is 0 Å². The van der Waals surface area contributed by atoms with Crippen LogP contribution in [-0.4, -0.2) is 27.0 Å². The molecule has 18 heavy (non-hydrogen) atoms. The van der Waals surface area contributed by atoms with E-state index in [4.69, 9.17) is 5.11 Å². The number of thioether (sulfide) groups is 1. The fourth-order valence-electron chi connectivity index (χ4n) is 1.66. The molecule has 0 aliphatic carbocycles. The van der Waals surface area contributed by atoms with Gasteiger partial charge in [-0.1, -0.05) is 19.1 Å². The van der Waals surface area contributed by atoms with Gasteiger partial charge in [0.15, 0.2) is 5.56 Å². The molecule has 0 saturated carbocycles. The highest BCUT2D eigenvalue weighted by Crippen LogP contribution is 2.23. The largest absolute Gasteiger partial charge is 0.477 e. The van der Waals surface area contributed by atoms with Crippen LogP contribution in [0.1, 0.15) is 17.3 Å². The first-order valence-corrected chi connectivity index (χ1v) is 6.39. The first-order valence-electron chi connectivity index (χ1n) is 5.40. The van der Waals surface area contributed by atoms with Gasteiger partial charge in [0, 0.05) is 10.5 Å². The Kier molecular flexibility index (Phi) is 3.57. The van der Waals surface area contributed by atoms with Crippen molar-refractivity contribution < 1.29 is 9.90 Å². The van der Waals surface area contributed by atoms with Gasteiger partial charge in [0.05, 0.1) is 5.69 Å². The molecule has 3 N–H and O–H groups in total. The Morgan fingerprint density at radius 1 is 1.28 bits per heavy atom. The van der Waals surface area contributed by atoms with Crippen LogP contribution < -0.4 is 5.56 Å². The number of rotatable bonds is 4. The summed E-state index contributed by atoms with van der Waals surface area (Å²) in [6.07, 6.45) is 0. The van der Waals surface area contributed by atoms with Gasteiger partial charge >= 0.3 is 5.97 Å². The predicted octanol–water partition coefficient (Wildman–Crippen LogP) is 2.18. The number of aromatic carboxylic acids is 1. The van der Waals surface area contributed by atoms with E-state index in [2.05, 4.69) is 17.1 Å². The lowest BCUT2D eigenvalue weighted by atomic mass is 10.1.